The van der Waals surface area contributed by atoms with Crippen molar-refractivity contribution in [2.24, 2.45) is 45.3 Å². The third-order valence-electron chi connectivity index (χ3n) is 13.0. The molecule has 33 heavy (non-hydrogen) atoms. The molecule has 0 bridgehead atoms. The molecule has 0 radical (unpaired) electrons. The summed E-state index contributed by atoms with van der Waals surface area (Å²) in [6.45, 7) is 18.5. The second-order valence-electron chi connectivity index (χ2n) is 15.1. The van der Waals surface area contributed by atoms with Crippen molar-refractivity contribution in [3.8, 4) is 0 Å². The van der Waals surface area contributed by atoms with Crippen LogP contribution in [0.3, 0.4) is 0 Å². The summed E-state index contributed by atoms with van der Waals surface area (Å²) in [4.78, 5) is 12.9. The Morgan fingerprint density at radius 1 is 0.788 bits per heavy atom. The minimum Gasteiger partial charge on any atom is -0.388 e. The van der Waals surface area contributed by atoms with Crippen molar-refractivity contribution in [1.29, 1.82) is 0 Å². The zero-order valence-electron chi connectivity index (χ0n) is 22.7. The molecule has 4 aliphatic carbocycles. The first kappa shape index (κ1) is 24.3. The molecule has 0 aromatic carbocycles. The maximum Gasteiger partial charge on any atom is 0.138 e. The van der Waals surface area contributed by atoms with Crippen LogP contribution in [0.5, 0.6) is 0 Å². The molecular weight excluding hydrogens is 408 g/mol. The summed E-state index contributed by atoms with van der Waals surface area (Å²) in [5, 5.41) is 10.6. The van der Waals surface area contributed by atoms with Gasteiger partial charge in [-0.15, -0.1) is 0 Å². The molecule has 3 nitrogen and oxygen atoms in total. The average Bonchev–Trinajstić information content (AvgIpc) is 3.27. The van der Waals surface area contributed by atoms with Crippen LogP contribution >= 0.6 is 0 Å². The van der Waals surface area contributed by atoms with E-state index in [0.717, 1.165) is 31.6 Å². The highest BCUT2D eigenvalue weighted by Gasteiger charge is 2.70. The van der Waals surface area contributed by atoms with E-state index in [2.05, 4.69) is 41.5 Å². The van der Waals surface area contributed by atoms with E-state index in [1.165, 1.54) is 38.5 Å². The molecule has 5 aliphatic rings. The minimum atomic E-state index is -0.762. The first-order valence-corrected chi connectivity index (χ1v) is 14.0. The van der Waals surface area contributed by atoms with Gasteiger partial charge in [-0.2, -0.15) is 0 Å². The normalized spacial score (nSPS) is 54.0. The molecular formula is C30H50O3. The molecule has 5 rings (SSSR count). The first-order valence-electron chi connectivity index (χ1n) is 14.0. The third kappa shape index (κ3) is 3.09. The second-order valence-corrected chi connectivity index (χ2v) is 15.1. The van der Waals surface area contributed by atoms with Crippen molar-refractivity contribution in [3.63, 3.8) is 0 Å². The Labute approximate surface area is 202 Å². The predicted octanol–water partition coefficient (Wildman–Crippen LogP) is 6.95. The Bertz CT molecular complexity index is 825. The van der Waals surface area contributed by atoms with E-state index in [0.29, 0.717) is 34.4 Å². The smallest absolute Gasteiger partial charge is 0.138 e. The molecule has 0 aromatic rings. The number of ether oxygens (including phenoxy) is 1. The number of hydrogen-bond donors (Lipinski definition) is 1. The zero-order valence-corrected chi connectivity index (χ0v) is 22.7. The van der Waals surface area contributed by atoms with Crippen LogP contribution in [0, 0.1) is 45.3 Å². The molecule has 0 aromatic heterocycles. The second kappa shape index (κ2) is 7.09. The van der Waals surface area contributed by atoms with Crippen molar-refractivity contribution < 1.29 is 14.6 Å². The van der Waals surface area contributed by atoms with Gasteiger partial charge in [-0.1, -0.05) is 34.6 Å². The number of Topliss-reactive ketones (excluding diaryl/α,β-unsaturated/α-hetero) is 1. The van der Waals surface area contributed by atoms with Crippen molar-refractivity contribution in [2.75, 3.05) is 0 Å². The summed E-state index contributed by atoms with van der Waals surface area (Å²) >= 11 is 0. The van der Waals surface area contributed by atoms with E-state index in [4.69, 9.17) is 4.74 Å². The molecule has 0 spiro atoms. The number of rotatable bonds is 2. The van der Waals surface area contributed by atoms with Gasteiger partial charge in [0.2, 0.25) is 0 Å². The van der Waals surface area contributed by atoms with Gasteiger partial charge in [0.1, 0.15) is 5.78 Å². The maximum atomic E-state index is 12.9. The highest BCUT2D eigenvalue weighted by Crippen LogP contribution is 2.75. The summed E-state index contributed by atoms with van der Waals surface area (Å²) < 4.78 is 6.72. The number of carbonyl (C=O) groups is 1. The molecule has 1 N–H and O–H groups in total. The largest absolute Gasteiger partial charge is 0.388 e. The van der Waals surface area contributed by atoms with Gasteiger partial charge in [0, 0.05) is 11.8 Å². The Morgan fingerprint density at radius 2 is 1.45 bits per heavy atom. The summed E-state index contributed by atoms with van der Waals surface area (Å²) in [5.41, 5.74) is -0.0493. The average molecular weight is 459 g/mol. The van der Waals surface area contributed by atoms with Crippen LogP contribution < -0.4 is 0 Å². The zero-order chi connectivity index (χ0) is 24.2. The molecule has 3 heteroatoms. The van der Waals surface area contributed by atoms with E-state index < -0.39 is 5.60 Å². The fourth-order valence-electron chi connectivity index (χ4n) is 10.9. The minimum absolute atomic E-state index is 0.0439. The highest BCUT2D eigenvalue weighted by molar-refractivity contribution is 5.85. The summed E-state index contributed by atoms with van der Waals surface area (Å²) in [6.07, 6.45) is 11.6. The lowest BCUT2D eigenvalue weighted by Crippen LogP contribution is -2.63. The van der Waals surface area contributed by atoms with Crippen LogP contribution in [-0.2, 0) is 9.53 Å². The van der Waals surface area contributed by atoms with E-state index in [-0.39, 0.29) is 22.5 Å². The van der Waals surface area contributed by atoms with Crippen LogP contribution in [0.1, 0.15) is 120 Å². The highest BCUT2D eigenvalue weighted by atomic mass is 16.5. The Kier molecular flexibility index (Phi) is 5.22. The number of carbonyl (C=O) groups excluding carboxylic acids is 1. The topological polar surface area (TPSA) is 46.5 Å². The van der Waals surface area contributed by atoms with Crippen molar-refractivity contribution >= 4 is 5.78 Å². The number of fused-ring (bicyclic) bond motifs is 5. The van der Waals surface area contributed by atoms with Gasteiger partial charge in [-0.05, 0) is 118 Å². The first-order chi connectivity index (χ1) is 15.1. The quantitative estimate of drug-likeness (QED) is 0.487. The molecule has 2 unspecified atom stereocenters. The van der Waals surface area contributed by atoms with Gasteiger partial charge in [-0.3, -0.25) is 4.79 Å². The predicted molar refractivity (Wildman–Crippen MR) is 133 cm³/mol. The lowest BCUT2D eigenvalue weighted by molar-refractivity contribution is -0.210. The molecule has 1 heterocycles. The lowest BCUT2D eigenvalue weighted by atomic mass is 9.35. The molecule has 4 saturated carbocycles. The van der Waals surface area contributed by atoms with Crippen LogP contribution in [0.15, 0.2) is 0 Å². The van der Waals surface area contributed by atoms with Gasteiger partial charge in [0.25, 0.3) is 0 Å². The monoisotopic (exact) mass is 458 g/mol. The van der Waals surface area contributed by atoms with E-state index in [1.54, 1.807) is 0 Å². The van der Waals surface area contributed by atoms with Crippen LogP contribution in [0.25, 0.3) is 0 Å². The molecule has 188 valence electrons. The van der Waals surface area contributed by atoms with Gasteiger partial charge < -0.3 is 9.84 Å². The molecule has 1 saturated heterocycles. The van der Waals surface area contributed by atoms with Crippen molar-refractivity contribution in [2.45, 2.75) is 137 Å². The van der Waals surface area contributed by atoms with Gasteiger partial charge in [0.05, 0.1) is 17.3 Å². The number of hydrogen-bond acceptors (Lipinski definition) is 3. The fraction of sp³-hybridized carbons (Fsp3) is 0.967. The van der Waals surface area contributed by atoms with Crippen molar-refractivity contribution in [3.05, 3.63) is 0 Å². The van der Waals surface area contributed by atoms with Gasteiger partial charge >= 0.3 is 0 Å². The fourth-order valence-corrected chi connectivity index (χ4v) is 10.9. The molecule has 5 fully saturated rings. The van der Waals surface area contributed by atoms with E-state index >= 15 is 0 Å². The van der Waals surface area contributed by atoms with Crippen LogP contribution in [0.4, 0.5) is 0 Å². The number of aliphatic hydroxyl groups is 1. The van der Waals surface area contributed by atoms with Crippen molar-refractivity contribution in [1.82, 2.24) is 0 Å². The summed E-state index contributed by atoms with van der Waals surface area (Å²) in [7, 11) is 0. The van der Waals surface area contributed by atoms with Gasteiger partial charge in [0.15, 0.2) is 0 Å². The summed E-state index contributed by atoms with van der Waals surface area (Å²) in [5.74, 6) is 3.06. The molecule has 1 aliphatic heterocycles. The molecule has 0 amide bonds. The van der Waals surface area contributed by atoms with Crippen LogP contribution in [-0.4, -0.2) is 28.2 Å². The van der Waals surface area contributed by atoms with Crippen LogP contribution in [0.2, 0.25) is 0 Å². The third-order valence-corrected chi connectivity index (χ3v) is 13.0. The Balaban J connectivity index is 1.45. The number of ketones is 1. The SMILES string of the molecule is CC1(C)C(=O)CC[C@@]2(C)C1CC[C@]1(C)[C@@H]2CCC2[C@@H]([C@@]3(C)CC[C@@H](C(C)(C)O)O3)CC[C@@]21C. The Morgan fingerprint density at radius 3 is 2.09 bits per heavy atom. The maximum absolute atomic E-state index is 12.9. The standard InChI is InChI=1S/C30H50O3/c1-25(2)21-12-17-29(7)22(27(21,5)15-13-23(25)31)10-9-19-20(11-16-28(19,29)6)30(8)18-14-24(33-30)26(3,4)32/h19-22,24,32H,9-18H2,1-8H3/t19?,20-,21?,22+,24-,27-,28-,29+,30+/m0/s1. The Hall–Kier alpha value is -0.410. The molecule has 9 atom stereocenters. The van der Waals surface area contributed by atoms with E-state index in [9.17, 15) is 9.90 Å². The van der Waals surface area contributed by atoms with E-state index in [1.807, 2.05) is 13.8 Å². The lowest BCUT2D eigenvalue weighted by Gasteiger charge is -2.69. The summed E-state index contributed by atoms with van der Waals surface area (Å²) in [6, 6.07) is 0. The van der Waals surface area contributed by atoms with Gasteiger partial charge in [-0.25, -0.2) is 0 Å².